The topological polar surface area (TPSA) is 55.8 Å². The van der Waals surface area contributed by atoms with Gasteiger partial charge >= 0.3 is 5.97 Å². The molecule has 1 amide bonds. The van der Waals surface area contributed by atoms with Crippen LogP contribution < -0.4 is 4.74 Å². The Kier molecular flexibility index (Phi) is 5.79. The summed E-state index contributed by atoms with van der Waals surface area (Å²) in [4.78, 5) is 25.9. The Balaban J connectivity index is 2.19. The van der Waals surface area contributed by atoms with Crippen LogP contribution in [-0.2, 0) is 14.3 Å². The first-order valence-corrected chi connectivity index (χ1v) is 8.28. The van der Waals surface area contributed by atoms with Crippen molar-refractivity contribution in [1.29, 1.82) is 0 Å². The summed E-state index contributed by atoms with van der Waals surface area (Å²) in [5, 5.41) is 0. The number of thiocarbonyl (C=S) groups is 1. The van der Waals surface area contributed by atoms with Gasteiger partial charge in [-0.1, -0.05) is 36.1 Å². The Bertz CT molecular complexity index is 655. The van der Waals surface area contributed by atoms with Crippen LogP contribution in [0.15, 0.2) is 29.2 Å². The van der Waals surface area contributed by atoms with Crippen LogP contribution in [0.3, 0.4) is 0 Å². The number of ether oxygens (including phenoxy) is 2. The number of benzene rings is 1. The number of methoxy groups -OCH3 is 1. The molecule has 0 aliphatic carbocycles. The van der Waals surface area contributed by atoms with Gasteiger partial charge < -0.3 is 9.47 Å². The summed E-state index contributed by atoms with van der Waals surface area (Å²) in [6.45, 7) is 4.11. The Morgan fingerprint density at radius 1 is 1.39 bits per heavy atom. The number of nitrogens with zero attached hydrogens (tertiary/aromatic N) is 1. The van der Waals surface area contributed by atoms with Crippen molar-refractivity contribution >= 4 is 46.3 Å². The van der Waals surface area contributed by atoms with E-state index in [4.69, 9.17) is 17.0 Å². The summed E-state index contributed by atoms with van der Waals surface area (Å²) < 4.78 is 10.4. The van der Waals surface area contributed by atoms with E-state index < -0.39 is 12.0 Å². The van der Waals surface area contributed by atoms with Crippen LogP contribution in [0, 0.1) is 0 Å². The lowest BCUT2D eigenvalue weighted by atomic mass is 10.2. The number of hydrogen-bond donors (Lipinski definition) is 0. The first-order valence-electron chi connectivity index (χ1n) is 7.05. The van der Waals surface area contributed by atoms with Gasteiger partial charge in [-0.25, -0.2) is 4.79 Å². The summed E-state index contributed by atoms with van der Waals surface area (Å²) in [6.07, 6.45) is 1.75. The normalized spacial score (nSPS) is 17.5. The summed E-state index contributed by atoms with van der Waals surface area (Å²) in [5.74, 6) is -0.00749. The van der Waals surface area contributed by atoms with E-state index in [1.54, 1.807) is 13.0 Å². The number of rotatable bonds is 5. The molecule has 1 fully saturated rings. The predicted octanol–water partition coefficient (Wildman–Crippen LogP) is 2.85. The van der Waals surface area contributed by atoms with Crippen molar-refractivity contribution in [3.63, 3.8) is 0 Å². The molecule has 23 heavy (non-hydrogen) atoms. The summed E-state index contributed by atoms with van der Waals surface area (Å²) in [5.41, 5.74) is 0.861. The molecular weight excluding hydrogens is 334 g/mol. The van der Waals surface area contributed by atoms with Gasteiger partial charge in [0.25, 0.3) is 5.91 Å². The van der Waals surface area contributed by atoms with Crippen LogP contribution in [0.25, 0.3) is 6.08 Å². The minimum atomic E-state index is -0.737. The van der Waals surface area contributed by atoms with Crippen molar-refractivity contribution in [2.45, 2.75) is 19.9 Å². The zero-order valence-corrected chi connectivity index (χ0v) is 14.7. The monoisotopic (exact) mass is 351 g/mol. The van der Waals surface area contributed by atoms with Crippen LogP contribution in [0.2, 0.25) is 0 Å². The predicted molar refractivity (Wildman–Crippen MR) is 94.1 cm³/mol. The zero-order valence-electron chi connectivity index (χ0n) is 13.1. The van der Waals surface area contributed by atoms with Gasteiger partial charge in [0, 0.05) is 0 Å². The van der Waals surface area contributed by atoms with Gasteiger partial charge in [0.2, 0.25) is 0 Å². The van der Waals surface area contributed by atoms with E-state index in [1.165, 1.54) is 23.8 Å². The minimum Gasteiger partial charge on any atom is -0.494 e. The highest BCUT2D eigenvalue weighted by Gasteiger charge is 2.38. The fraction of sp³-hybridized carbons (Fsp3) is 0.312. The van der Waals surface area contributed by atoms with Crippen molar-refractivity contribution in [2.75, 3.05) is 13.7 Å². The van der Waals surface area contributed by atoms with Crippen LogP contribution in [0.5, 0.6) is 5.75 Å². The molecule has 0 bridgehead atoms. The number of thioether (sulfide) groups is 1. The van der Waals surface area contributed by atoms with Crippen LogP contribution in [0.1, 0.15) is 19.4 Å². The SMILES string of the molecule is CCOc1ccc(C=C2SC(=S)N(C(C)C(=O)OC)C2=O)cc1. The van der Waals surface area contributed by atoms with Crippen molar-refractivity contribution in [3.8, 4) is 5.75 Å². The number of hydrogen-bond acceptors (Lipinski definition) is 6. The first kappa shape index (κ1) is 17.5. The molecular formula is C16H17NO4S2. The Morgan fingerprint density at radius 3 is 2.61 bits per heavy atom. The number of esters is 1. The van der Waals surface area contributed by atoms with E-state index >= 15 is 0 Å². The third kappa shape index (κ3) is 3.92. The van der Waals surface area contributed by atoms with E-state index in [0.29, 0.717) is 15.8 Å². The molecule has 1 saturated heterocycles. The number of amides is 1. The lowest BCUT2D eigenvalue weighted by Gasteiger charge is -2.20. The van der Waals surface area contributed by atoms with Gasteiger partial charge in [0.15, 0.2) is 0 Å². The number of carbonyl (C=O) groups excluding carboxylic acids is 2. The molecule has 0 aromatic heterocycles. The average molecular weight is 351 g/mol. The lowest BCUT2D eigenvalue weighted by Crippen LogP contribution is -2.42. The highest BCUT2D eigenvalue weighted by molar-refractivity contribution is 8.26. The quantitative estimate of drug-likeness (QED) is 0.462. The second-order valence-corrected chi connectivity index (χ2v) is 6.43. The maximum absolute atomic E-state index is 12.5. The molecule has 5 nitrogen and oxygen atoms in total. The third-order valence-corrected chi connectivity index (χ3v) is 4.57. The van der Waals surface area contributed by atoms with Crippen molar-refractivity contribution in [3.05, 3.63) is 34.7 Å². The fourth-order valence-electron chi connectivity index (χ4n) is 2.07. The third-order valence-electron chi connectivity index (χ3n) is 3.24. The first-order chi connectivity index (χ1) is 11.0. The lowest BCUT2D eigenvalue weighted by molar-refractivity contribution is -0.147. The van der Waals surface area contributed by atoms with E-state index in [-0.39, 0.29) is 5.91 Å². The standard InChI is InChI=1S/C16H17NO4S2/c1-4-21-12-7-5-11(6-8-12)9-13-14(18)17(16(22)23-13)10(2)15(19)20-3/h5-10H,4H2,1-3H3. The van der Waals surface area contributed by atoms with Gasteiger partial charge in [0.05, 0.1) is 18.6 Å². The molecule has 1 unspecified atom stereocenters. The van der Waals surface area contributed by atoms with Gasteiger partial charge in [-0.15, -0.1) is 0 Å². The second-order valence-electron chi connectivity index (χ2n) is 4.75. The molecule has 2 rings (SSSR count). The molecule has 1 aromatic carbocycles. The largest absolute Gasteiger partial charge is 0.494 e. The van der Waals surface area contributed by atoms with Crippen LogP contribution in [-0.4, -0.2) is 40.9 Å². The molecule has 0 N–H and O–H groups in total. The molecule has 7 heteroatoms. The fourth-order valence-corrected chi connectivity index (χ4v) is 3.49. The van der Waals surface area contributed by atoms with Gasteiger partial charge in [-0.2, -0.15) is 0 Å². The Morgan fingerprint density at radius 2 is 2.04 bits per heavy atom. The van der Waals surface area contributed by atoms with Crippen molar-refractivity contribution < 1.29 is 19.1 Å². The smallest absolute Gasteiger partial charge is 0.328 e. The maximum atomic E-state index is 12.5. The van der Waals surface area contributed by atoms with Gasteiger partial charge in [0.1, 0.15) is 16.1 Å². The van der Waals surface area contributed by atoms with Crippen LogP contribution >= 0.6 is 24.0 Å². The molecule has 1 heterocycles. The average Bonchev–Trinajstić information content (AvgIpc) is 2.82. The Hall–Kier alpha value is -1.86. The summed E-state index contributed by atoms with van der Waals surface area (Å²) in [7, 11) is 1.28. The molecule has 0 radical (unpaired) electrons. The molecule has 1 aliphatic heterocycles. The highest BCUT2D eigenvalue weighted by atomic mass is 32.2. The van der Waals surface area contributed by atoms with E-state index in [9.17, 15) is 9.59 Å². The molecule has 1 aromatic rings. The highest BCUT2D eigenvalue weighted by Crippen LogP contribution is 2.34. The molecule has 122 valence electrons. The molecule has 0 spiro atoms. The Labute approximate surface area is 144 Å². The zero-order chi connectivity index (χ0) is 17.0. The summed E-state index contributed by atoms with van der Waals surface area (Å²) >= 11 is 6.39. The van der Waals surface area contributed by atoms with Crippen LogP contribution in [0.4, 0.5) is 0 Å². The molecule has 0 saturated carbocycles. The van der Waals surface area contributed by atoms with E-state index in [2.05, 4.69) is 4.74 Å². The van der Waals surface area contributed by atoms with E-state index in [1.807, 2.05) is 31.2 Å². The second kappa shape index (κ2) is 7.61. The maximum Gasteiger partial charge on any atom is 0.328 e. The van der Waals surface area contributed by atoms with Gasteiger partial charge in [-0.05, 0) is 37.6 Å². The van der Waals surface area contributed by atoms with Crippen molar-refractivity contribution in [2.24, 2.45) is 0 Å². The van der Waals surface area contributed by atoms with Crippen molar-refractivity contribution in [1.82, 2.24) is 4.90 Å². The van der Waals surface area contributed by atoms with Gasteiger partial charge in [-0.3, -0.25) is 9.69 Å². The number of carbonyl (C=O) groups is 2. The summed E-state index contributed by atoms with van der Waals surface area (Å²) in [6, 6.07) is 6.67. The molecule has 1 atom stereocenters. The molecule has 1 aliphatic rings. The minimum absolute atomic E-state index is 0.285. The van der Waals surface area contributed by atoms with E-state index in [0.717, 1.165) is 11.3 Å².